The van der Waals surface area contributed by atoms with E-state index in [-0.39, 0.29) is 0 Å². The molecule has 0 atom stereocenters. The van der Waals surface area contributed by atoms with Crippen LogP contribution in [0.4, 0.5) is 0 Å². The lowest BCUT2D eigenvalue weighted by molar-refractivity contribution is 0.778. The molecule has 0 radical (unpaired) electrons. The molecule has 2 rings (SSSR count). The summed E-state index contributed by atoms with van der Waals surface area (Å²) in [5.74, 6) is 0. The Kier molecular flexibility index (Phi) is 4.93. The minimum Gasteiger partial charge on any atom is -0.313 e. The SMILES string of the molecule is CCNCC(C)=Cc1ccc(-c2ccccc2)cc1. The van der Waals surface area contributed by atoms with Crippen molar-refractivity contribution in [3.05, 3.63) is 65.7 Å². The molecule has 1 nitrogen and oxygen atoms in total. The number of rotatable bonds is 5. The van der Waals surface area contributed by atoms with E-state index in [2.05, 4.69) is 73.8 Å². The Morgan fingerprint density at radius 2 is 1.58 bits per heavy atom. The summed E-state index contributed by atoms with van der Waals surface area (Å²) in [5, 5.41) is 3.34. The lowest BCUT2D eigenvalue weighted by Crippen LogP contribution is -2.14. The molecular weight excluding hydrogens is 230 g/mol. The van der Waals surface area contributed by atoms with Crippen LogP contribution in [-0.4, -0.2) is 13.1 Å². The van der Waals surface area contributed by atoms with Crippen molar-refractivity contribution in [1.29, 1.82) is 0 Å². The largest absolute Gasteiger partial charge is 0.313 e. The van der Waals surface area contributed by atoms with Crippen LogP contribution in [0.2, 0.25) is 0 Å². The maximum atomic E-state index is 3.34. The molecule has 0 spiro atoms. The van der Waals surface area contributed by atoms with Gasteiger partial charge in [0.15, 0.2) is 0 Å². The maximum Gasteiger partial charge on any atom is 0.0165 e. The molecule has 0 amide bonds. The number of benzene rings is 2. The van der Waals surface area contributed by atoms with Gasteiger partial charge < -0.3 is 5.32 Å². The fourth-order valence-corrected chi connectivity index (χ4v) is 2.06. The molecular formula is C18H21N. The van der Waals surface area contributed by atoms with E-state index in [0.29, 0.717) is 0 Å². The Labute approximate surface area is 116 Å². The third-order valence-corrected chi connectivity index (χ3v) is 3.08. The van der Waals surface area contributed by atoms with Crippen LogP contribution < -0.4 is 5.32 Å². The first-order valence-electron chi connectivity index (χ1n) is 6.83. The van der Waals surface area contributed by atoms with Gasteiger partial charge in [-0.2, -0.15) is 0 Å². The predicted octanol–water partition coefficient (Wildman–Crippen LogP) is 4.37. The molecule has 0 unspecified atom stereocenters. The van der Waals surface area contributed by atoms with E-state index >= 15 is 0 Å². The first-order chi connectivity index (χ1) is 9.29. The van der Waals surface area contributed by atoms with Crippen molar-refractivity contribution >= 4 is 6.08 Å². The molecule has 0 aliphatic carbocycles. The minimum atomic E-state index is 0.955. The molecule has 1 heteroatoms. The van der Waals surface area contributed by atoms with E-state index in [0.717, 1.165) is 13.1 Å². The normalized spacial score (nSPS) is 11.6. The highest BCUT2D eigenvalue weighted by molar-refractivity contribution is 5.66. The molecule has 19 heavy (non-hydrogen) atoms. The van der Waals surface area contributed by atoms with E-state index in [1.54, 1.807) is 0 Å². The molecule has 0 saturated carbocycles. The van der Waals surface area contributed by atoms with Crippen LogP contribution in [0.1, 0.15) is 19.4 Å². The highest BCUT2D eigenvalue weighted by atomic mass is 14.8. The van der Waals surface area contributed by atoms with Crippen molar-refractivity contribution < 1.29 is 0 Å². The Bertz CT molecular complexity index is 523. The number of likely N-dealkylation sites (N-methyl/N-ethyl adjacent to an activating group) is 1. The van der Waals surface area contributed by atoms with Gasteiger partial charge in [-0.1, -0.05) is 73.2 Å². The Balaban J connectivity index is 2.11. The zero-order valence-corrected chi connectivity index (χ0v) is 11.7. The third kappa shape index (κ3) is 4.08. The number of hydrogen-bond donors (Lipinski definition) is 1. The second-order valence-electron chi connectivity index (χ2n) is 4.76. The Morgan fingerprint density at radius 3 is 2.21 bits per heavy atom. The predicted molar refractivity (Wildman–Crippen MR) is 84.1 cm³/mol. The highest BCUT2D eigenvalue weighted by Crippen LogP contribution is 2.20. The molecule has 0 fully saturated rings. The molecule has 0 saturated heterocycles. The fourth-order valence-electron chi connectivity index (χ4n) is 2.06. The van der Waals surface area contributed by atoms with Crippen molar-refractivity contribution in [2.75, 3.05) is 13.1 Å². The van der Waals surface area contributed by atoms with Gasteiger partial charge in [0, 0.05) is 6.54 Å². The van der Waals surface area contributed by atoms with E-state index in [9.17, 15) is 0 Å². The Morgan fingerprint density at radius 1 is 0.947 bits per heavy atom. The Hall–Kier alpha value is -1.86. The van der Waals surface area contributed by atoms with Gasteiger partial charge in [0.05, 0.1) is 0 Å². The van der Waals surface area contributed by atoms with E-state index in [1.165, 1.54) is 22.3 Å². The smallest absolute Gasteiger partial charge is 0.0165 e. The summed E-state index contributed by atoms with van der Waals surface area (Å²) in [6.07, 6.45) is 2.23. The van der Waals surface area contributed by atoms with Crippen molar-refractivity contribution in [2.45, 2.75) is 13.8 Å². The summed E-state index contributed by atoms with van der Waals surface area (Å²) < 4.78 is 0. The van der Waals surface area contributed by atoms with Crippen LogP contribution in [0, 0.1) is 0 Å². The molecule has 0 heterocycles. The summed E-state index contributed by atoms with van der Waals surface area (Å²) in [7, 11) is 0. The van der Waals surface area contributed by atoms with Crippen LogP contribution >= 0.6 is 0 Å². The molecule has 0 aliphatic rings. The van der Waals surface area contributed by atoms with Crippen molar-refractivity contribution in [3.8, 4) is 11.1 Å². The van der Waals surface area contributed by atoms with Crippen LogP contribution in [0.25, 0.3) is 17.2 Å². The number of hydrogen-bond acceptors (Lipinski definition) is 1. The summed E-state index contributed by atoms with van der Waals surface area (Å²) in [6, 6.07) is 19.2. The van der Waals surface area contributed by atoms with E-state index in [4.69, 9.17) is 0 Å². The average molecular weight is 251 g/mol. The summed E-state index contributed by atoms with van der Waals surface area (Å²) in [6.45, 7) is 6.25. The number of nitrogens with one attached hydrogen (secondary N) is 1. The summed E-state index contributed by atoms with van der Waals surface area (Å²) in [4.78, 5) is 0. The quantitative estimate of drug-likeness (QED) is 0.832. The molecule has 98 valence electrons. The van der Waals surface area contributed by atoms with Gasteiger partial charge in [0.25, 0.3) is 0 Å². The molecule has 2 aromatic rings. The van der Waals surface area contributed by atoms with Crippen LogP contribution in [0.5, 0.6) is 0 Å². The van der Waals surface area contributed by atoms with Crippen molar-refractivity contribution in [2.24, 2.45) is 0 Å². The first kappa shape index (κ1) is 13.6. The molecule has 1 N–H and O–H groups in total. The second-order valence-corrected chi connectivity index (χ2v) is 4.76. The van der Waals surface area contributed by atoms with Crippen LogP contribution in [0.15, 0.2) is 60.2 Å². The monoisotopic (exact) mass is 251 g/mol. The van der Waals surface area contributed by atoms with Gasteiger partial charge in [-0.25, -0.2) is 0 Å². The molecule has 0 bridgehead atoms. The van der Waals surface area contributed by atoms with Crippen molar-refractivity contribution in [3.63, 3.8) is 0 Å². The zero-order valence-electron chi connectivity index (χ0n) is 11.7. The van der Waals surface area contributed by atoms with Gasteiger partial charge in [-0.15, -0.1) is 0 Å². The summed E-state index contributed by atoms with van der Waals surface area (Å²) >= 11 is 0. The standard InChI is InChI=1S/C18H21N/c1-3-19-14-15(2)13-16-9-11-18(12-10-16)17-7-5-4-6-8-17/h4-13,19H,3,14H2,1-2H3. The van der Waals surface area contributed by atoms with E-state index in [1.807, 2.05) is 6.07 Å². The first-order valence-corrected chi connectivity index (χ1v) is 6.83. The topological polar surface area (TPSA) is 12.0 Å². The highest BCUT2D eigenvalue weighted by Gasteiger charge is 1.96. The van der Waals surface area contributed by atoms with Gasteiger partial charge in [-0.05, 0) is 30.2 Å². The summed E-state index contributed by atoms with van der Waals surface area (Å²) in [5.41, 5.74) is 5.15. The minimum absolute atomic E-state index is 0.955. The molecule has 0 aromatic heterocycles. The lowest BCUT2D eigenvalue weighted by atomic mass is 10.0. The van der Waals surface area contributed by atoms with Gasteiger partial charge in [0.2, 0.25) is 0 Å². The van der Waals surface area contributed by atoms with Crippen LogP contribution in [0.3, 0.4) is 0 Å². The molecule has 0 aliphatic heterocycles. The van der Waals surface area contributed by atoms with Gasteiger partial charge in [-0.3, -0.25) is 0 Å². The van der Waals surface area contributed by atoms with Gasteiger partial charge in [0.1, 0.15) is 0 Å². The fraction of sp³-hybridized carbons (Fsp3) is 0.222. The van der Waals surface area contributed by atoms with Gasteiger partial charge >= 0.3 is 0 Å². The van der Waals surface area contributed by atoms with Crippen molar-refractivity contribution in [1.82, 2.24) is 5.32 Å². The zero-order chi connectivity index (χ0) is 13.5. The van der Waals surface area contributed by atoms with Crippen LogP contribution in [-0.2, 0) is 0 Å². The lowest BCUT2D eigenvalue weighted by Gasteiger charge is -2.04. The third-order valence-electron chi connectivity index (χ3n) is 3.08. The van der Waals surface area contributed by atoms with E-state index < -0.39 is 0 Å². The molecule has 2 aromatic carbocycles. The second kappa shape index (κ2) is 6.91. The maximum absolute atomic E-state index is 3.34. The average Bonchev–Trinajstić information content (AvgIpc) is 2.47.